The van der Waals surface area contributed by atoms with Gasteiger partial charge in [0.05, 0.1) is 46.8 Å². The van der Waals surface area contributed by atoms with Crippen LogP contribution in [-0.4, -0.2) is 66.3 Å². The lowest BCUT2D eigenvalue weighted by molar-refractivity contribution is -0.120. The van der Waals surface area contributed by atoms with Crippen LogP contribution < -0.4 is 10.6 Å². The standard InChI is InChI=1S/C24H26N8O3S/c1-14-17(6-16(7-25-14)27-20(34)10-31-12-24(2,3)13-31)28-23(35)22-18-5-4-15(9-32(18)30-29-22)19-8-26-21(11-33)36-19/h4-9,33H,10-13H2,1-3H3,(H,27,34)(H,28,35). The van der Waals surface area contributed by atoms with Gasteiger partial charge in [0.15, 0.2) is 5.69 Å². The zero-order valence-corrected chi connectivity index (χ0v) is 21.0. The number of anilines is 2. The minimum absolute atomic E-state index is 0.115. The fourth-order valence-corrected chi connectivity index (χ4v) is 5.08. The van der Waals surface area contributed by atoms with Crippen molar-refractivity contribution in [2.45, 2.75) is 27.4 Å². The molecule has 1 saturated heterocycles. The van der Waals surface area contributed by atoms with E-state index in [2.05, 4.69) is 49.7 Å². The summed E-state index contributed by atoms with van der Waals surface area (Å²) in [6, 6.07) is 5.30. The topological polar surface area (TPSA) is 138 Å². The number of amides is 2. The number of fused-ring (bicyclic) bond motifs is 1. The minimum atomic E-state index is -0.436. The van der Waals surface area contributed by atoms with Crippen LogP contribution in [0.4, 0.5) is 11.4 Å². The van der Waals surface area contributed by atoms with Crippen molar-refractivity contribution in [2.24, 2.45) is 5.41 Å². The number of nitrogens with one attached hydrogen (secondary N) is 2. The van der Waals surface area contributed by atoms with Gasteiger partial charge in [0.25, 0.3) is 5.91 Å². The number of thiazole rings is 1. The van der Waals surface area contributed by atoms with Crippen LogP contribution in [0.15, 0.2) is 36.8 Å². The van der Waals surface area contributed by atoms with Crippen molar-refractivity contribution in [3.63, 3.8) is 0 Å². The van der Waals surface area contributed by atoms with E-state index in [0.29, 0.717) is 34.1 Å². The van der Waals surface area contributed by atoms with Gasteiger partial charge in [-0.05, 0) is 30.5 Å². The van der Waals surface area contributed by atoms with Crippen LogP contribution >= 0.6 is 11.3 Å². The lowest BCUT2D eigenvalue weighted by Crippen LogP contribution is -2.54. The van der Waals surface area contributed by atoms with Crippen LogP contribution in [0.5, 0.6) is 0 Å². The maximum Gasteiger partial charge on any atom is 0.278 e. The molecule has 0 spiro atoms. The first-order valence-electron chi connectivity index (χ1n) is 11.4. The maximum atomic E-state index is 13.0. The molecule has 186 valence electrons. The van der Waals surface area contributed by atoms with Crippen molar-refractivity contribution in [3.05, 3.63) is 53.2 Å². The van der Waals surface area contributed by atoms with E-state index in [1.807, 2.05) is 6.07 Å². The van der Waals surface area contributed by atoms with Gasteiger partial charge in [-0.2, -0.15) is 0 Å². The second-order valence-corrected chi connectivity index (χ2v) is 10.7. The van der Waals surface area contributed by atoms with Crippen LogP contribution in [0.1, 0.15) is 35.0 Å². The SMILES string of the molecule is Cc1ncc(NC(=O)CN2CC(C)(C)C2)cc1NC(=O)c1nnn2cc(-c3cnc(CO)s3)ccc12. The molecule has 12 heteroatoms. The Hall–Kier alpha value is -3.74. The predicted octanol–water partition coefficient (Wildman–Crippen LogP) is 2.58. The molecule has 0 atom stereocenters. The van der Waals surface area contributed by atoms with Gasteiger partial charge in [0, 0.05) is 31.0 Å². The molecule has 0 bridgehead atoms. The molecule has 0 aliphatic carbocycles. The number of carbonyl (C=O) groups excluding carboxylic acids is 2. The average Bonchev–Trinajstić information content (AvgIpc) is 3.46. The molecule has 5 heterocycles. The van der Waals surface area contributed by atoms with Crippen molar-refractivity contribution in [2.75, 3.05) is 30.3 Å². The Balaban J connectivity index is 1.28. The highest BCUT2D eigenvalue weighted by Gasteiger charge is 2.34. The molecule has 1 aliphatic rings. The van der Waals surface area contributed by atoms with Crippen molar-refractivity contribution in [1.29, 1.82) is 0 Å². The van der Waals surface area contributed by atoms with Gasteiger partial charge in [0.2, 0.25) is 5.91 Å². The predicted molar refractivity (Wildman–Crippen MR) is 136 cm³/mol. The van der Waals surface area contributed by atoms with Crippen LogP contribution in [0, 0.1) is 12.3 Å². The highest BCUT2D eigenvalue weighted by molar-refractivity contribution is 7.15. The number of nitrogens with zero attached hydrogens (tertiary/aromatic N) is 6. The number of carbonyl (C=O) groups is 2. The molecule has 11 nitrogen and oxygen atoms in total. The number of hydrogen-bond acceptors (Lipinski definition) is 9. The third-order valence-electron chi connectivity index (χ3n) is 5.89. The van der Waals surface area contributed by atoms with Crippen molar-refractivity contribution in [1.82, 2.24) is 29.7 Å². The molecule has 3 N–H and O–H groups in total. The Bertz CT molecular complexity index is 1450. The summed E-state index contributed by atoms with van der Waals surface area (Å²) in [4.78, 5) is 36.9. The molecule has 4 aromatic rings. The fraction of sp³-hybridized carbons (Fsp3) is 0.333. The van der Waals surface area contributed by atoms with E-state index >= 15 is 0 Å². The quantitative estimate of drug-likeness (QED) is 0.348. The summed E-state index contributed by atoms with van der Waals surface area (Å²) in [7, 11) is 0. The Morgan fingerprint density at radius 2 is 1.97 bits per heavy atom. The lowest BCUT2D eigenvalue weighted by atomic mass is 9.84. The Kier molecular flexibility index (Phi) is 6.24. The molecule has 2 amide bonds. The first-order chi connectivity index (χ1) is 17.2. The molecule has 0 unspecified atom stereocenters. The fourth-order valence-electron chi connectivity index (χ4n) is 4.31. The smallest absolute Gasteiger partial charge is 0.278 e. The third kappa shape index (κ3) is 4.96. The molecule has 0 saturated carbocycles. The molecule has 0 radical (unpaired) electrons. The van der Waals surface area contributed by atoms with Gasteiger partial charge in [-0.3, -0.25) is 19.5 Å². The number of aryl methyl sites for hydroxylation is 1. The highest BCUT2D eigenvalue weighted by Crippen LogP contribution is 2.29. The van der Waals surface area contributed by atoms with E-state index in [4.69, 9.17) is 0 Å². The summed E-state index contributed by atoms with van der Waals surface area (Å²) in [6.45, 7) is 8.09. The summed E-state index contributed by atoms with van der Waals surface area (Å²) in [6.07, 6.45) is 5.02. The summed E-state index contributed by atoms with van der Waals surface area (Å²) in [5.74, 6) is -0.560. The molecule has 0 aromatic carbocycles. The molecular formula is C24H26N8O3S. The molecule has 1 fully saturated rings. The third-order valence-corrected chi connectivity index (χ3v) is 6.92. The zero-order valence-electron chi connectivity index (χ0n) is 20.1. The number of likely N-dealkylation sites (tertiary alicyclic amines) is 1. The van der Waals surface area contributed by atoms with E-state index in [-0.39, 0.29) is 23.6 Å². The molecule has 5 rings (SSSR count). The largest absolute Gasteiger partial charge is 0.389 e. The number of aromatic nitrogens is 5. The van der Waals surface area contributed by atoms with Gasteiger partial charge in [-0.25, -0.2) is 9.50 Å². The molecule has 1 aliphatic heterocycles. The van der Waals surface area contributed by atoms with E-state index in [1.165, 1.54) is 15.9 Å². The maximum absolute atomic E-state index is 13.0. The normalized spacial score (nSPS) is 15.0. The Morgan fingerprint density at radius 3 is 2.69 bits per heavy atom. The first-order valence-corrected chi connectivity index (χ1v) is 12.2. The van der Waals surface area contributed by atoms with Crippen LogP contribution in [-0.2, 0) is 11.4 Å². The number of rotatable bonds is 7. The summed E-state index contributed by atoms with van der Waals surface area (Å²) < 4.78 is 1.53. The van der Waals surface area contributed by atoms with E-state index in [1.54, 1.807) is 37.6 Å². The lowest BCUT2D eigenvalue weighted by Gasteiger charge is -2.45. The van der Waals surface area contributed by atoms with Crippen LogP contribution in [0.3, 0.4) is 0 Å². The van der Waals surface area contributed by atoms with Gasteiger partial charge in [-0.1, -0.05) is 19.1 Å². The summed E-state index contributed by atoms with van der Waals surface area (Å²) in [5, 5.41) is 23.7. The summed E-state index contributed by atoms with van der Waals surface area (Å²) >= 11 is 1.38. The summed E-state index contributed by atoms with van der Waals surface area (Å²) in [5.41, 5.74) is 3.39. The van der Waals surface area contributed by atoms with E-state index in [0.717, 1.165) is 23.5 Å². The number of aliphatic hydroxyl groups is 1. The second kappa shape index (κ2) is 9.37. The minimum Gasteiger partial charge on any atom is -0.389 e. The van der Waals surface area contributed by atoms with Gasteiger partial charge < -0.3 is 15.7 Å². The second-order valence-electron chi connectivity index (χ2n) is 9.63. The van der Waals surface area contributed by atoms with Crippen molar-refractivity contribution < 1.29 is 14.7 Å². The van der Waals surface area contributed by atoms with E-state index in [9.17, 15) is 14.7 Å². The average molecular weight is 507 g/mol. The van der Waals surface area contributed by atoms with Crippen molar-refractivity contribution >= 4 is 40.0 Å². The van der Waals surface area contributed by atoms with Gasteiger partial charge in [0.1, 0.15) is 5.01 Å². The number of pyridine rings is 2. The zero-order chi connectivity index (χ0) is 25.4. The van der Waals surface area contributed by atoms with Crippen molar-refractivity contribution in [3.8, 4) is 10.4 Å². The van der Waals surface area contributed by atoms with Crippen LogP contribution in [0.2, 0.25) is 0 Å². The first kappa shape index (κ1) is 24.0. The van der Waals surface area contributed by atoms with Crippen LogP contribution in [0.25, 0.3) is 16.0 Å². The Morgan fingerprint density at radius 1 is 1.17 bits per heavy atom. The highest BCUT2D eigenvalue weighted by atomic mass is 32.1. The number of aliphatic hydroxyl groups excluding tert-OH is 1. The van der Waals surface area contributed by atoms with Gasteiger partial charge in [-0.15, -0.1) is 16.4 Å². The molecule has 4 aromatic heterocycles. The Labute approximate surface area is 211 Å². The van der Waals surface area contributed by atoms with E-state index < -0.39 is 5.91 Å². The monoisotopic (exact) mass is 506 g/mol. The number of hydrogen-bond donors (Lipinski definition) is 3. The van der Waals surface area contributed by atoms with Gasteiger partial charge >= 0.3 is 0 Å². The molecular weight excluding hydrogens is 480 g/mol. The molecule has 36 heavy (non-hydrogen) atoms.